The maximum atomic E-state index is 13.3. The molecule has 0 spiro atoms. The first-order valence-electron chi connectivity index (χ1n) is 12.1. The van der Waals surface area contributed by atoms with Crippen molar-refractivity contribution in [1.82, 2.24) is 10.3 Å². The van der Waals surface area contributed by atoms with E-state index >= 15 is 0 Å². The molecule has 3 heterocycles. The summed E-state index contributed by atoms with van der Waals surface area (Å²) < 4.78 is 13.3. The molecule has 5 nitrogen and oxygen atoms in total. The van der Waals surface area contributed by atoms with Gasteiger partial charge in [-0.05, 0) is 93.5 Å². The van der Waals surface area contributed by atoms with Crippen LogP contribution in [-0.4, -0.2) is 23.1 Å². The van der Waals surface area contributed by atoms with Crippen molar-refractivity contribution in [3.63, 3.8) is 0 Å². The summed E-state index contributed by atoms with van der Waals surface area (Å²) in [6.07, 6.45) is 7.27. The number of fused-ring (bicyclic) bond motifs is 3. The fourth-order valence-corrected chi connectivity index (χ4v) is 5.54. The van der Waals surface area contributed by atoms with Crippen LogP contribution in [0.2, 0.25) is 0 Å². The van der Waals surface area contributed by atoms with Gasteiger partial charge < -0.3 is 10.2 Å². The zero-order valence-corrected chi connectivity index (χ0v) is 19.8. The molecule has 0 saturated heterocycles. The summed E-state index contributed by atoms with van der Waals surface area (Å²) in [6, 6.07) is 9.93. The summed E-state index contributed by atoms with van der Waals surface area (Å²) in [5, 5.41) is 3.22. The Balaban J connectivity index is 1.32. The van der Waals surface area contributed by atoms with Crippen LogP contribution >= 0.6 is 0 Å². The molecular weight excluding hydrogens is 427 g/mol. The molecule has 1 aromatic carbocycles. The van der Waals surface area contributed by atoms with Gasteiger partial charge >= 0.3 is 0 Å². The van der Waals surface area contributed by atoms with Gasteiger partial charge in [0.2, 0.25) is 0 Å². The number of carbonyl (C=O) groups is 1. The molecular formula is C28H29FN4O. The number of hydrogen-bond acceptors (Lipinski definition) is 4. The van der Waals surface area contributed by atoms with Crippen molar-refractivity contribution in [3.8, 4) is 0 Å². The van der Waals surface area contributed by atoms with Crippen LogP contribution in [0.1, 0.15) is 67.7 Å². The second kappa shape index (κ2) is 7.62. The van der Waals surface area contributed by atoms with Gasteiger partial charge in [0.05, 0.1) is 22.6 Å². The van der Waals surface area contributed by atoms with Crippen molar-refractivity contribution in [3.05, 3.63) is 82.7 Å². The molecule has 2 aromatic rings. The summed E-state index contributed by atoms with van der Waals surface area (Å²) in [5.41, 5.74) is 5.53. The molecule has 174 valence electrons. The molecule has 4 aliphatic rings. The van der Waals surface area contributed by atoms with Gasteiger partial charge in [0.25, 0.3) is 5.91 Å². The van der Waals surface area contributed by atoms with Gasteiger partial charge in [-0.3, -0.25) is 9.78 Å². The van der Waals surface area contributed by atoms with E-state index in [-0.39, 0.29) is 11.7 Å². The third-order valence-electron chi connectivity index (χ3n) is 7.72. The second-order valence-corrected chi connectivity index (χ2v) is 10.4. The SMILES string of the molecule is CC1=CC(C)=NC(N2C[C@H]3C[C@H]3c3nc([C@@]4(NC(=O)c5ccc(F)cc5)C[C@H]4C)ccc32)=CC1. The fourth-order valence-electron chi connectivity index (χ4n) is 5.54. The number of allylic oxidation sites excluding steroid dienone is 3. The number of hydrogen-bond donors (Lipinski definition) is 1. The molecule has 1 aromatic heterocycles. The third-order valence-corrected chi connectivity index (χ3v) is 7.72. The van der Waals surface area contributed by atoms with E-state index in [1.807, 2.05) is 0 Å². The van der Waals surface area contributed by atoms with E-state index < -0.39 is 5.54 Å². The summed E-state index contributed by atoms with van der Waals surface area (Å²) >= 11 is 0. The lowest BCUT2D eigenvalue weighted by Gasteiger charge is -2.31. The molecule has 4 atom stereocenters. The maximum Gasteiger partial charge on any atom is 0.252 e. The molecule has 2 aliphatic carbocycles. The lowest BCUT2D eigenvalue weighted by atomic mass is 10.0. The van der Waals surface area contributed by atoms with Crippen molar-refractivity contribution >= 4 is 17.3 Å². The highest BCUT2D eigenvalue weighted by atomic mass is 19.1. The van der Waals surface area contributed by atoms with Gasteiger partial charge in [0.15, 0.2) is 0 Å². The number of pyridine rings is 1. The Bertz CT molecular complexity index is 1280. The largest absolute Gasteiger partial charge is 0.341 e. The van der Waals surface area contributed by atoms with Crippen LogP contribution in [0, 0.1) is 17.7 Å². The van der Waals surface area contributed by atoms with Crippen LogP contribution in [0.25, 0.3) is 0 Å². The fraction of sp³-hybridized carbons (Fsp3) is 0.393. The number of rotatable bonds is 4. The lowest BCUT2D eigenvalue weighted by molar-refractivity contribution is 0.0926. The molecule has 6 rings (SSSR count). The van der Waals surface area contributed by atoms with Crippen LogP contribution in [-0.2, 0) is 5.54 Å². The van der Waals surface area contributed by atoms with Gasteiger partial charge in [-0.25, -0.2) is 9.38 Å². The smallest absolute Gasteiger partial charge is 0.252 e. The number of carbonyl (C=O) groups excluding carboxylic acids is 1. The topological polar surface area (TPSA) is 57.6 Å². The number of nitrogens with zero attached hydrogens (tertiary/aromatic N) is 3. The minimum Gasteiger partial charge on any atom is -0.341 e. The van der Waals surface area contributed by atoms with Gasteiger partial charge in [-0.2, -0.15) is 0 Å². The molecule has 1 amide bonds. The molecule has 6 heteroatoms. The Morgan fingerprint density at radius 2 is 1.94 bits per heavy atom. The van der Waals surface area contributed by atoms with Crippen molar-refractivity contribution in [1.29, 1.82) is 0 Å². The van der Waals surface area contributed by atoms with Gasteiger partial charge in [0.1, 0.15) is 11.6 Å². The average molecular weight is 457 g/mol. The first-order chi connectivity index (χ1) is 16.3. The van der Waals surface area contributed by atoms with Crippen molar-refractivity contribution in [2.24, 2.45) is 16.8 Å². The van der Waals surface area contributed by atoms with Crippen LogP contribution < -0.4 is 10.2 Å². The van der Waals surface area contributed by atoms with Crippen LogP contribution in [0.5, 0.6) is 0 Å². The monoisotopic (exact) mass is 456 g/mol. The molecule has 2 fully saturated rings. The van der Waals surface area contributed by atoms with E-state index in [0.717, 1.165) is 54.4 Å². The third kappa shape index (κ3) is 3.56. The Kier molecular flexibility index (Phi) is 4.77. The maximum absolute atomic E-state index is 13.3. The zero-order chi connectivity index (χ0) is 23.6. The summed E-state index contributed by atoms with van der Waals surface area (Å²) in [6.45, 7) is 7.31. The Morgan fingerprint density at radius 3 is 2.68 bits per heavy atom. The Hall–Kier alpha value is -3.28. The van der Waals surface area contributed by atoms with Crippen LogP contribution in [0.15, 0.2) is 64.9 Å². The average Bonchev–Trinajstić information content (AvgIpc) is 3.72. The first kappa shape index (κ1) is 21.3. The lowest BCUT2D eigenvalue weighted by Crippen LogP contribution is -2.37. The standard InChI is InChI=1S/C28H29FN4O/c1-16-4-11-25(30-18(3)12-16)33-15-20-13-22(20)26-23(33)9-10-24(31-26)28(14-17(28)2)32-27(34)19-5-7-21(29)8-6-19/h5-12,17,20,22H,4,13-15H2,1-3H3,(H,32,34)/t17-,20-,22-,28-/m1/s1. The van der Waals surface area contributed by atoms with E-state index in [2.05, 4.69) is 55.3 Å². The molecule has 0 unspecified atom stereocenters. The molecule has 0 radical (unpaired) electrons. The number of aliphatic imine (C=N–C) groups is 1. The quantitative estimate of drug-likeness (QED) is 0.665. The van der Waals surface area contributed by atoms with E-state index in [0.29, 0.717) is 23.3 Å². The molecule has 0 bridgehead atoms. The van der Waals surface area contributed by atoms with E-state index in [4.69, 9.17) is 9.98 Å². The zero-order valence-electron chi connectivity index (χ0n) is 19.8. The van der Waals surface area contributed by atoms with Crippen molar-refractivity contribution < 1.29 is 9.18 Å². The Labute approximate surface area is 199 Å². The number of amides is 1. The molecule has 34 heavy (non-hydrogen) atoms. The number of anilines is 1. The highest BCUT2D eigenvalue weighted by Gasteiger charge is 2.56. The van der Waals surface area contributed by atoms with E-state index in [1.54, 1.807) is 0 Å². The second-order valence-electron chi connectivity index (χ2n) is 10.4. The van der Waals surface area contributed by atoms with Gasteiger partial charge in [-0.15, -0.1) is 0 Å². The molecule has 1 N–H and O–H groups in total. The minimum atomic E-state index is -0.468. The van der Waals surface area contributed by atoms with Crippen LogP contribution in [0.3, 0.4) is 0 Å². The highest BCUT2D eigenvalue weighted by molar-refractivity contribution is 5.95. The van der Waals surface area contributed by atoms with E-state index in [9.17, 15) is 9.18 Å². The molecule has 2 saturated carbocycles. The Morgan fingerprint density at radius 1 is 1.18 bits per heavy atom. The van der Waals surface area contributed by atoms with Crippen LogP contribution in [0.4, 0.5) is 10.1 Å². The van der Waals surface area contributed by atoms with E-state index in [1.165, 1.54) is 29.8 Å². The number of benzene rings is 1. The highest BCUT2D eigenvalue weighted by Crippen LogP contribution is 2.57. The first-order valence-corrected chi connectivity index (χ1v) is 12.1. The molecule has 2 aliphatic heterocycles. The number of nitrogens with one attached hydrogen (secondary N) is 1. The van der Waals surface area contributed by atoms with Crippen molar-refractivity contribution in [2.75, 3.05) is 11.4 Å². The van der Waals surface area contributed by atoms with Gasteiger partial charge in [0, 0.05) is 23.7 Å². The van der Waals surface area contributed by atoms with Crippen molar-refractivity contribution in [2.45, 2.75) is 51.5 Å². The number of halogens is 1. The minimum absolute atomic E-state index is 0.189. The predicted octanol–water partition coefficient (Wildman–Crippen LogP) is 5.46. The van der Waals surface area contributed by atoms with Gasteiger partial charge in [-0.1, -0.05) is 12.5 Å². The summed E-state index contributed by atoms with van der Waals surface area (Å²) in [7, 11) is 0. The predicted molar refractivity (Wildman–Crippen MR) is 131 cm³/mol. The number of aromatic nitrogens is 1. The normalized spacial score (nSPS) is 29.1. The summed E-state index contributed by atoms with van der Waals surface area (Å²) in [4.78, 5) is 25.3. The summed E-state index contributed by atoms with van der Waals surface area (Å²) in [5.74, 6) is 1.85.